The zero-order valence-electron chi connectivity index (χ0n) is 22.6. The molecule has 208 valence electrons. The number of halogens is 2. The van der Waals surface area contributed by atoms with Crippen molar-refractivity contribution in [2.45, 2.75) is 63.2 Å². The normalized spacial score (nSPS) is 22.1. The number of hydrogen-bond donors (Lipinski definition) is 3. The van der Waals surface area contributed by atoms with Gasteiger partial charge in [0, 0.05) is 51.4 Å². The third-order valence-electron chi connectivity index (χ3n) is 8.50. The molecular formula is C33H31F2N5O. The average Bonchev–Trinajstić information content (AvgIpc) is 3.77. The SMILES string of the molecule is NC(=O)c1c2nc(c(C3=CC=CC[C@H]3F)c3ccc(cc4nc(c(C5C=CCC[C@@H]5F)c5ccc1[nH]5)CC4)[nH]3)CC2. The zero-order chi connectivity index (χ0) is 28.1. The molecule has 8 heteroatoms. The van der Waals surface area contributed by atoms with Gasteiger partial charge in [-0.3, -0.25) is 14.8 Å². The largest absolute Gasteiger partial charge is 0.365 e. The van der Waals surface area contributed by atoms with Crippen LogP contribution in [-0.2, 0) is 25.7 Å². The number of fused-ring (bicyclic) bond motifs is 8. The minimum absolute atomic E-state index is 0.295. The molecule has 3 aromatic rings. The fourth-order valence-corrected chi connectivity index (χ4v) is 6.58. The van der Waals surface area contributed by atoms with Gasteiger partial charge in [0.15, 0.2) is 0 Å². The Balaban J connectivity index is 1.59. The summed E-state index contributed by atoms with van der Waals surface area (Å²) in [6.07, 6.45) is 11.2. The molecule has 4 aliphatic rings. The molecule has 7 rings (SSSR count). The lowest BCUT2D eigenvalue weighted by atomic mass is 9.86. The number of nitrogens with zero attached hydrogens (tertiary/aromatic N) is 2. The van der Waals surface area contributed by atoms with E-state index in [1.54, 1.807) is 6.08 Å². The van der Waals surface area contributed by atoms with Gasteiger partial charge in [0.25, 0.3) is 5.91 Å². The van der Waals surface area contributed by atoms with Crippen molar-refractivity contribution in [3.63, 3.8) is 0 Å². The first-order chi connectivity index (χ1) is 20.0. The summed E-state index contributed by atoms with van der Waals surface area (Å²) >= 11 is 0. The second-order valence-electron chi connectivity index (χ2n) is 11.1. The predicted octanol–water partition coefficient (Wildman–Crippen LogP) is 6.44. The Bertz CT molecular complexity index is 1810. The van der Waals surface area contributed by atoms with Gasteiger partial charge in [0.05, 0.1) is 22.5 Å². The van der Waals surface area contributed by atoms with Crippen LogP contribution in [0.5, 0.6) is 0 Å². The van der Waals surface area contributed by atoms with E-state index < -0.39 is 24.2 Å². The minimum atomic E-state index is -1.16. The number of hydrogen-bond acceptors (Lipinski definition) is 3. The highest BCUT2D eigenvalue weighted by Crippen LogP contribution is 2.37. The molecule has 2 aliphatic heterocycles. The van der Waals surface area contributed by atoms with E-state index in [4.69, 9.17) is 15.7 Å². The smallest absolute Gasteiger partial charge is 0.252 e. The van der Waals surface area contributed by atoms with Gasteiger partial charge in [0.1, 0.15) is 12.3 Å². The monoisotopic (exact) mass is 551 g/mol. The summed E-state index contributed by atoms with van der Waals surface area (Å²) in [5.74, 6) is -1.04. The molecule has 41 heavy (non-hydrogen) atoms. The molecule has 0 aromatic carbocycles. The summed E-state index contributed by atoms with van der Waals surface area (Å²) in [6.45, 7) is 0. The summed E-state index contributed by atoms with van der Waals surface area (Å²) in [6, 6.07) is 9.61. The standard InChI is InChI=1S/C33H31F2N5O/c34-22-7-3-1-5-20(22)30-24-11-9-18(37-24)17-19-10-12-25(38-19)31(21-6-2-4-8-23(21)35)27-14-16-29(40-27)32(33(36)41)28-15-13-26(30)39-28/h1-3,5-6,9,11,14,16-17,21-23,37,40H,4,7-8,10,12-13,15H2,(H2,36,41)/t21?,22-,23+/m1/s1. The molecule has 3 atom stereocenters. The van der Waals surface area contributed by atoms with E-state index in [1.807, 2.05) is 54.6 Å². The van der Waals surface area contributed by atoms with Crippen LogP contribution in [0.1, 0.15) is 69.4 Å². The second kappa shape index (κ2) is 10.3. The maximum absolute atomic E-state index is 15.3. The lowest BCUT2D eigenvalue weighted by Gasteiger charge is -2.22. The fourth-order valence-electron chi connectivity index (χ4n) is 6.58. The highest BCUT2D eigenvalue weighted by atomic mass is 19.1. The molecule has 6 nitrogen and oxygen atoms in total. The number of amides is 1. The van der Waals surface area contributed by atoms with E-state index in [2.05, 4.69) is 9.97 Å². The van der Waals surface area contributed by atoms with Gasteiger partial charge in [-0.1, -0.05) is 30.4 Å². The first-order valence-electron chi connectivity index (χ1n) is 14.3. The van der Waals surface area contributed by atoms with Crippen LogP contribution < -0.4 is 5.73 Å². The van der Waals surface area contributed by atoms with Gasteiger partial charge in [-0.15, -0.1) is 0 Å². The molecule has 0 saturated heterocycles. The number of aromatic amines is 2. The Hall–Kier alpha value is -4.33. The van der Waals surface area contributed by atoms with Crippen molar-refractivity contribution in [2.75, 3.05) is 0 Å². The fraction of sp³-hybridized carbons (Fsp3) is 0.303. The number of alkyl halides is 2. The van der Waals surface area contributed by atoms with Gasteiger partial charge in [-0.2, -0.15) is 0 Å². The van der Waals surface area contributed by atoms with E-state index >= 15 is 8.78 Å². The van der Waals surface area contributed by atoms with Crippen LogP contribution in [0.3, 0.4) is 0 Å². The van der Waals surface area contributed by atoms with Gasteiger partial charge in [-0.05, 0) is 74.4 Å². The molecule has 4 N–H and O–H groups in total. The number of aromatic nitrogens is 4. The molecule has 0 saturated carbocycles. The van der Waals surface area contributed by atoms with E-state index in [1.165, 1.54) is 0 Å². The Labute approximate surface area is 236 Å². The van der Waals surface area contributed by atoms with Crippen molar-refractivity contribution in [1.29, 1.82) is 0 Å². The number of rotatable bonds is 3. The summed E-state index contributed by atoms with van der Waals surface area (Å²) in [7, 11) is 0. The Kier molecular flexibility index (Phi) is 6.41. The number of nitrogens with one attached hydrogen (secondary N) is 2. The van der Waals surface area contributed by atoms with Crippen LogP contribution in [0.15, 0.2) is 60.7 Å². The van der Waals surface area contributed by atoms with Crippen LogP contribution in [0, 0.1) is 0 Å². The third-order valence-corrected chi connectivity index (χ3v) is 8.50. The lowest BCUT2D eigenvalue weighted by molar-refractivity contribution is 0.100. The van der Waals surface area contributed by atoms with E-state index in [0.717, 1.165) is 39.9 Å². The minimum Gasteiger partial charge on any atom is -0.365 e. The molecule has 0 radical (unpaired) electrons. The van der Waals surface area contributed by atoms with Crippen LogP contribution in [0.25, 0.3) is 27.6 Å². The number of H-pyrrole nitrogens is 2. The molecule has 0 fully saturated rings. The molecule has 8 bridgehead atoms. The van der Waals surface area contributed by atoms with Crippen LogP contribution in [-0.4, -0.2) is 38.2 Å². The zero-order valence-corrected chi connectivity index (χ0v) is 22.6. The number of carbonyl (C=O) groups is 1. The molecule has 1 unspecified atom stereocenters. The number of carbonyl (C=O) groups excluding carboxylic acids is 1. The third kappa shape index (κ3) is 4.61. The Morgan fingerprint density at radius 2 is 1.71 bits per heavy atom. The Morgan fingerprint density at radius 3 is 2.54 bits per heavy atom. The maximum atomic E-state index is 15.3. The van der Waals surface area contributed by atoms with Crippen molar-refractivity contribution in [2.24, 2.45) is 5.73 Å². The molecule has 2 aliphatic carbocycles. The van der Waals surface area contributed by atoms with Crippen LogP contribution >= 0.6 is 0 Å². The molecule has 3 aromatic heterocycles. The quantitative estimate of drug-likeness (QED) is 0.327. The van der Waals surface area contributed by atoms with Gasteiger partial charge < -0.3 is 15.7 Å². The van der Waals surface area contributed by atoms with Crippen LogP contribution in [0.2, 0.25) is 0 Å². The Morgan fingerprint density at radius 1 is 0.902 bits per heavy atom. The van der Waals surface area contributed by atoms with Crippen molar-refractivity contribution in [1.82, 2.24) is 19.9 Å². The topological polar surface area (TPSA) is 100 Å². The maximum Gasteiger partial charge on any atom is 0.252 e. The number of allylic oxidation sites excluding steroid dienone is 6. The summed E-state index contributed by atoms with van der Waals surface area (Å²) in [5, 5.41) is 0. The first kappa shape index (κ1) is 25.6. The van der Waals surface area contributed by atoms with E-state index in [0.29, 0.717) is 72.1 Å². The van der Waals surface area contributed by atoms with Crippen molar-refractivity contribution in [3.8, 4) is 0 Å². The summed E-state index contributed by atoms with van der Waals surface area (Å²) < 4.78 is 30.6. The van der Waals surface area contributed by atoms with Crippen LogP contribution in [0.4, 0.5) is 8.78 Å². The summed E-state index contributed by atoms with van der Waals surface area (Å²) in [5.41, 5.74) is 14.2. The predicted molar refractivity (Wildman–Crippen MR) is 157 cm³/mol. The first-order valence-corrected chi connectivity index (χ1v) is 14.3. The lowest BCUT2D eigenvalue weighted by Crippen LogP contribution is -2.17. The van der Waals surface area contributed by atoms with Crippen molar-refractivity contribution >= 4 is 33.5 Å². The summed E-state index contributed by atoms with van der Waals surface area (Å²) in [4.78, 5) is 29.6. The molecule has 0 spiro atoms. The molecule has 5 heterocycles. The van der Waals surface area contributed by atoms with Gasteiger partial charge in [0.2, 0.25) is 0 Å². The molecular weight excluding hydrogens is 520 g/mol. The second-order valence-corrected chi connectivity index (χ2v) is 11.1. The molecule has 1 amide bonds. The average molecular weight is 552 g/mol. The van der Waals surface area contributed by atoms with Crippen molar-refractivity contribution < 1.29 is 13.6 Å². The van der Waals surface area contributed by atoms with Crippen molar-refractivity contribution in [3.05, 3.63) is 100 Å². The number of nitrogens with two attached hydrogens (primary N) is 1. The van der Waals surface area contributed by atoms with Gasteiger partial charge >= 0.3 is 0 Å². The number of aryl methyl sites for hydroxylation is 4. The van der Waals surface area contributed by atoms with Gasteiger partial charge in [-0.25, -0.2) is 8.78 Å². The highest BCUT2D eigenvalue weighted by molar-refractivity contribution is 6.01. The highest BCUT2D eigenvalue weighted by Gasteiger charge is 2.29. The van der Waals surface area contributed by atoms with E-state index in [-0.39, 0.29) is 0 Å². The van der Waals surface area contributed by atoms with E-state index in [9.17, 15) is 4.79 Å². The number of primary amides is 1.